The average Bonchev–Trinajstić information content (AvgIpc) is 3.26. The van der Waals surface area contributed by atoms with E-state index in [2.05, 4.69) is 26.1 Å². The summed E-state index contributed by atoms with van der Waals surface area (Å²) in [6.45, 7) is 4.38. The SMILES string of the molecule is O=C(NCCN1CCN(C(=O)c2ccsc2)CC1)c1ccc(Br)o1. The summed E-state index contributed by atoms with van der Waals surface area (Å²) in [5.41, 5.74) is 0.769. The van der Waals surface area contributed by atoms with E-state index in [1.54, 1.807) is 12.1 Å². The quantitative estimate of drug-likeness (QED) is 0.819. The normalized spacial score (nSPS) is 15.5. The Morgan fingerprint density at radius 2 is 2.00 bits per heavy atom. The smallest absolute Gasteiger partial charge is 0.287 e. The van der Waals surface area contributed by atoms with Crippen molar-refractivity contribution in [3.8, 4) is 0 Å². The monoisotopic (exact) mass is 411 g/mol. The molecule has 1 aliphatic rings. The highest BCUT2D eigenvalue weighted by atomic mass is 79.9. The zero-order valence-electron chi connectivity index (χ0n) is 13.0. The van der Waals surface area contributed by atoms with Gasteiger partial charge in [0.1, 0.15) is 0 Å². The highest BCUT2D eigenvalue weighted by Crippen LogP contribution is 2.14. The first-order valence-electron chi connectivity index (χ1n) is 7.71. The molecule has 3 heterocycles. The minimum atomic E-state index is -0.216. The lowest BCUT2D eigenvalue weighted by Crippen LogP contribution is -2.50. The van der Waals surface area contributed by atoms with Crippen molar-refractivity contribution < 1.29 is 14.0 Å². The van der Waals surface area contributed by atoms with E-state index in [0.29, 0.717) is 30.1 Å². The summed E-state index contributed by atoms with van der Waals surface area (Å²) < 4.78 is 5.75. The molecule has 0 bridgehead atoms. The number of amides is 2. The van der Waals surface area contributed by atoms with Crippen LogP contribution >= 0.6 is 27.3 Å². The number of furan rings is 1. The van der Waals surface area contributed by atoms with Crippen molar-refractivity contribution in [1.29, 1.82) is 0 Å². The Kier molecular flexibility index (Phi) is 5.70. The van der Waals surface area contributed by atoms with E-state index in [9.17, 15) is 9.59 Å². The van der Waals surface area contributed by atoms with Crippen LogP contribution in [0.3, 0.4) is 0 Å². The largest absolute Gasteiger partial charge is 0.444 e. The van der Waals surface area contributed by atoms with Crippen molar-refractivity contribution in [3.05, 3.63) is 45.0 Å². The predicted molar refractivity (Wildman–Crippen MR) is 95.4 cm³/mol. The van der Waals surface area contributed by atoms with Gasteiger partial charge >= 0.3 is 0 Å². The van der Waals surface area contributed by atoms with Crippen LogP contribution in [0.5, 0.6) is 0 Å². The maximum absolute atomic E-state index is 12.3. The fraction of sp³-hybridized carbons (Fsp3) is 0.375. The topological polar surface area (TPSA) is 65.8 Å². The Balaban J connectivity index is 1.38. The van der Waals surface area contributed by atoms with Gasteiger partial charge in [-0.05, 0) is 39.5 Å². The predicted octanol–water partition coefficient (Wildman–Crippen LogP) is 2.29. The van der Waals surface area contributed by atoms with Gasteiger partial charge in [0.15, 0.2) is 10.4 Å². The number of rotatable bonds is 5. The van der Waals surface area contributed by atoms with Crippen molar-refractivity contribution in [1.82, 2.24) is 15.1 Å². The van der Waals surface area contributed by atoms with Crippen LogP contribution in [0.1, 0.15) is 20.9 Å². The molecule has 2 aromatic rings. The molecular weight excluding hydrogens is 394 g/mol. The number of hydrogen-bond acceptors (Lipinski definition) is 5. The third-order valence-corrected chi connectivity index (χ3v) is 5.05. The molecule has 128 valence electrons. The second-order valence-corrected chi connectivity index (χ2v) is 7.07. The molecule has 0 saturated carbocycles. The minimum Gasteiger partial charge on any atom is -0.444 e. The molecule has 3 rings (SSSR count). The van der Waals surface area contributed by atoms with Gasteiger partial charge in [-0.1, -0.05) is 0 Å². The van der Waals surface area contributed by atoms with Crippen LogP contribution < -0.4 is 5.32 Å². The van der Waals surface area contributed by atoms with E-state index in [-0.39, 0.29) is 11.8 Å². The van der Waals surface area contributed by atoms with Crippen LogP contribution in [0, 0.1) is 0 Å². The van der Waals surface area contributed by atoms with E-state index < -0.39 is 0 Å². The number of hydrogen-bond donors (Lipinski definition) is 1. The molecule has 0 atom stereocenters. The lowest BCUT2D eigenvalue weighted by atomic mass is 10.2. The van der Waals surface area contributed by atoms with Gasteiger partial charge in [0.05, 0.1) is 5.56 Å². The summed E-state index contributed by atoms with van der Waals surface area (Å²) in [7, 11) is 0. The van der Waals surface area contributed by atoms with Crippen LogP contribution in [0.2, 0.25) is 0 Å². The van der Waals surface area contributed by atoms with Crippen LogP contribution in [-0.4, -0.2) is 60.9 Å². The molecular formula is C16H18BrN3O3S. The Morgan fingerprint density at radius 1 is 1.21 bits per heavy atom. The number of carbonyl (C=O) groups is 2. The van der Waals surface area contributed by atoms with Crippen molar-refractivity contribution in [2.45, 2.75) is 0 Å². The van der Waals surface area contributed by atoms with Gasteiger partial charge in [0.2, 0.25) is 0 Å². The summed E-state index contributed by atoms with van der Waals surface area (Å²) >= 11 is 4.71. The Hall–Kier alpha value is -1.64. The highest BCUT2D eigenvalue weighted by molar-refractivity contribution is 9.10. The van der Waals surface area contributed by atoms with Gasteiger partial charge in [-0.25, -0.2) is 0 Å². The summed E-state index contributed by atoms with van der Waals surface area (Å²) in [5, 5.41) is 6.65. The average molecular weight is 412 g/mol. The maximum atomic E-state index is 12.3. The molecule has 0 radical (unpaired) electrons. The molecule has 1 N–H and O–H groups in total. The van der Waals surface area contributed by atoms with E-state index in [1.807, 2.05) is 21.7 Å². The molecule has 0 unspecified atom stereocenters. The zero-order chi connectivity index (χ0) is 16.9. The van der Waals surface area contributed by atoms with E-state index >= 15 is 0 Å². The fourth-order valence-corrected chi connectivity index (χ4v) is 3.53. The van der Waals surface area contributed by atoms with E-state index in [4.69, 9.17) is 4.42 Å². The summed E-state index contributed by atoms with van der Waals surface area (Å²) in [5.74, 6) is 0.188. The molecule has 2 amide bonds. The second-order valence-electron chi connectivity index (χ2n) is 5.51. The lowest BCUT2D eigenvalue weighted by Gasteiger charge is -2.34. The van der Waals surface area contributed by atoms with Crippen LogP contribution in [0.15, 0.2) is 38.0 Å². The van der Waals surface area contributed by atoms with Gasteiger partial charge < -0.3 is 14.6 Å². The first-order chi connectivity index (χ1) is 11.6. The van der Waals surface area contributed by atoms with Crippen molar-refractivity contribution in [2.75, 3.05) is 39.3 Å². The highest BCUT2D eigenvalue weighted by Gasteiger charge is 2.22. The van der Waals surface area contributed by atoms with E-state index in [0.717, 1.165) is 25.2 Å². The van der Waals surface area contributed by atoms with Gasteiger partial charge in [-0.2, -0.15) is 11.3 Å². The first-order valence-corrected chi connectivity index (χ1v) is 9.44. The van der Waals surface area contributed by atoms with Gasteiger partial charge in [-0.3, -0.25) is 14.5 Å². The number of nitrogens with zero attached hydrogens (tertiary/aromatic N) is 2. The van der Waals surface area contributed by atoms with Gasteiger partial charge in [0, 0.05) is 44.6 Å². The number of thiophene rings is 1. The Morgan fingerprint density at radius 3 is 2.62 bits per heavy atom. The Labute approximate surface area is 152 Å². The number of halogens is 1. The summed E-state index contributed by atoms with van der Waals surface area (Å²) in [6.07, 6.45) is 0. The number of carbonyl (C=O) groups excluding carboxylic acids is 2. The molecule has 0 spiro atoms. The third kappa shape index (κ3) is 4.25. The second kappa shape index (κ2) is 7.96. The van der Waals surface area contributed by atoms with E-state index in [1.165, 1.54) is 11.3 Å². The fourth-order valence-electron chi connectivity index (χ4n) is 2.59. The first kappa shape index (κ1) is 17.2. The third-order valence-electron chi connectivity index (χ3n) is 3.94. The minimum absolute atomic E-state index is 0.104. The Bertz CT molecular complexity index is 693. The van der Waals surface area contributed by atoms with Crippen molar-refractivity contribution in [2.24, 2.45) is 0 Å². The zero-order valence-corrected chi connectivity index (χ0v) is 15.4. The number of piperazine rings is 1. The summed E-state index contributed by atoms with van der Waals surface area (Å²) in [4.78, 5) is 28.3. The standard InChI is InChI=1S/C16H18BrN3O3S/c17-14-2-1-13(23-14)15(21)18-4-5-19-6-8-20(9-7-19)16(22)12-3-10-24-11-12/h1-3,10-11H,4-9H2,(H,18,21). The molecule has 1 aliphatic heterocycles. The van der Waals surface area contributed by atoms with Crippen molar-refractivity contribution >= 4 is 39.1 Å². The molecule has 0 aliphatic carbocycles. The number of nitrogens with one attached hydrogen (secondary N) is 1. The molecule has 6 nitrogen and oxygen atoms in total. The molecule has 2 aromatic heterocycles. The van der Waals surface area contributed by atoms with Crippen LogP contribution in [0.25, 0.3) is 0 Å². The van der Waals surface area contributed by atoms with Crippen LogP contribution in [0.4, 0.5) is 0 Å². The molecule has 24 heavy (non-hydrogen) atoms. The maximum Gasteiger partial charge on any atom is 0.287 e. The van der Waals surface area contributed by atoms with Gasteiger partial charge in [0.25, 0.3) is 11.8 Å². The molecule has 1 saturated heterocycles. The van der Waals surface area contributed by atoms with Crippen molar-refractivity contribution in [3.63, 3.8) is 0 Å². The summed E-state index contributed by atoms with van der Waals surface area (Å²) in [6, 6.07) is 5.19. The molecule has 1 fully saturated rings. The van der Waals surface area contributed by atoms with Gasteiger partial charge in [-0.15, -0.1) is 0 Å². The van der Waals surface area contributed by atoms with Crippen LogP contribution in [-0.2, 0) is 0 Å². The molecule has 8 heteroatoms. The molecule has 0 aromatic carbocycles. The lowest BCUT2D eigenvalue weighted by molar-refractivity contribution is 0.0638.